The van der Waals surface area contributed by atoms with Crippen molar-refractivity contribution >= 4 is 17.5 Å². The summed E-state index contributed by atoms with van der Waals surface area (Å²) < 4.78 is 38.0. The van der Waals surface area contributed by atoms with Crippen LogP contribution in [0.15, 0.2) is 48.5 Å². The van der Waals surface area contributed by atoms with Crippen LogP contribution in [0.3, 0.4) is 0 Å². The molecule has 0 aliphatic heterocycles. The van der Waals surface area contributed by atoms with Crippen LogP contribution in [0, 0.1) is 11.8 Å². The maximum Gasteiger partial charge on any atom is 0.416 e. The van der Waals surface area contributed by atoms with Crippen molar-refractivity contribution in [3.8, 4) is 11.8 Å². The van der Waals surface area contributed by atoms with E-state index >= 15 is 0 Å². The molecule has 0 unspecified atom stereocenters. The van der Waals surface area contributed by atoms with Gasteiger partial charge in [-0.15, -0.1) is 0 Å². The summed E-state index contributed by atoms with van der Waals surface area (Å²) in [5.74, 6) is 3.05. The molecule has 29 heavy (non-hydrogen) atoms. The van der Waals surface area contributed by atoms with E-state index < -0.39 is 30.1 Å². The number of hydrogen-bond donors (Lipinski definition) is 5. The first kappa shape index (κ1) is 21.7. The van der Waals surface area contributed by atoms with E-state index in [1.54, 1.807) is 29.6 Å². The summed E-state index contributed by atoms with van der Waals surface area (Å²) in [6, 6.07) is 9.88. The second-order valence-corrected chi connectivity index (χ2v) is 5.86. The van der Waals surface area contributed by atoms with Gasteiger partial charge in [0.25, 0.3) is 11.8 Å². The Bertz CT molecular complexity index is 932. The monoisotopic (exact) mass is 407 g/mol. The molecule has 0 aromatic heterocycles. The Balaban J connectivity index is 2.13. The number of carbonyl (C=O) groups excluding carboxylic acids is 2. The van der Waals surface area contributed by atoms with Gasteiger partial charge >= 0.3 is 6.18 Å². The lowest BCUT2D eigenvalue weighted by Crippen LogP contribution is -2.57. The predicted molar refractivity (Wildman–Crippen MR) is 96.5 cm³/mol. The molecule has 2 aromatic rings. The highest BCUT2D eigenvalue weighted by Crippen LogP contribution is 2.23. The fourth-order valence-corrected chi connectivity index (χ4v) is 2.19. The van der Waals surface area contributed by atoms with Gasteiger partial charge in [-0.25, -0.2) is 5.48 Å². The first-order chi connectivity index (χ1) is 13.6. The Morgan fingerprint density at radius 1 is 0.966 bits per heavy atom. The third kappa shape index (κ3) is 5.97. The van der Waals surface area contributed by atoms with Gasteiger partial charge in [0.15, 0.2) is 6.10 Å². The first-order valence-corrected chi connectivity index (χ1v) is 8.09. The summed E-state index contributed by atoms with van der Waals surface area (Å²) in [7, 11) is 0. The van der Waals surface area contributed by atoms with Gasteiger partial charge in [-0.2, -0.15) is 13.2 Å². The van der Waals surface area contributed by atoms with Gasteiger partial charge in [-0.1, -0.05) is 11.8 Å². The predicted octanol–water partition coefficient (Wildman–Crippen LogP) is 1.20. The Labute approximate surface area is 163 Å². The third-order valence-corrected chi connectivity index (χ3v) is 3.74. The summed E-state index contributed by atoms with van der Waals surface area (Å²) in [5, 5.41) is 19.5. The quantitative estimate of drug-likeness (QED) is 0.225. The largest absolute Gasteiger partial charge is 0.416 e. The highest BCUT2D eigenvalue weighted by Gasteiger charge is 2.47. The SMILES string of the molecule is Nc1ccc(C#Cc2ccc(C(=O)N[C@H](C(=O)NO)[C@H](O)C(F)(F)F)cc2)cc1. The van der Waals surface area contributed by atoms with E-state index in [2.05, 4.69) is 11.8 Å². The fourth-order valence-electron chi connectivity index (χ4n) is 2.19. The minimum Gasteiger partial charge on any atom is -0.399 e. The molecule has 0 aliphatic rings. The molecule has 0 spiro atoms. The molecular weight excluding hydrogens is 391 g/mol. The lowest BCUT2D eigenvalue weighted by molar-refractivity contribution is -0.212. The number of hydrogen-bond acceptors (Lipinski definition) is 5. The van der Waals surface area contributed by atoms with Crippen LogP contribution in [0.2, 0.25) is 0 Å². The second-order valence-electron chi connectivity index (χ2n) is 5.86. The molecule has 0 aliphatic carbocycles. The van der Waals surface area contributed by atoms with Gasteiger partial charge in [0.2, 0.25) is 0 Å². The van der Waals surface area contributed by atoms with E-state index in [1.807, 2.05) is 0 Å². The average Bonchev–Trinajstić information content (AvgIpc) is 2.70. The van der Waals surface area contributed by atoms with Crippen molar-refractivity contribution in [3.05, 3.63) is 65.2 Å². The number of nitrogens with one attached hydrogen (secondary N) is 2. The van der Waals surface area contributed by atoms with Crippen molar-refractivity contribution in [1.82, 2.24) is 10.8 Å². The molecule has 10 heteroatoms. The van der Waals surface area contributed by atoms with Crippen LogP contribution in [-0.2, 0) is 4.79 Å². The van der Waals surface area contributed by atoms with Crippen molar-refractivity contribution in [2.75, 3.05) is 5.73 Å². The summed E-state index contributed by atoms with van der Waals surface area (Å²) in [6.45, 7) is 0. The van der Waals surface area contributed by atoms with Crippen LogP contribution in [0.4, 0.5) is 18.9 Å². The number of anilines is 1. The molecule has 0 radical (unpaired) electrons. The molecule has 2 amide bonds. The van der Waals surface area contributed by atoms with Crippen molar-refractivity contribution in [3.63, 3.8) is 0 Å². The van der Waals surface area contributed by atoms with Gasteiger partial charge in [0, 0.05) is 22.4 Å². The molecule has 6 N–H and O–H groups in total. The summed E-state index contributed by atoms with van der Waals surface area (Å²) >= 11 is 0. The second kappa shape index (κ2) is 9.09. The number of halogens is 3. The highest BCUT2D eigenvalue weighted by molar-refractivity contribution is 5.97. The van der Waals surface area contributed by atoms with E-state index in [-0.39, 0.29) is 5.56 Å². The van der Waals surface area contributed by atoms with Crippen molar-refractivity contribution in [1.29, 1.82) is 0 Å². The van der Waals surface area contributed by atoms with Crippen LogP contribution < -0.4 is 16.5 Å². The third-order valence-electron chi connectivity index (χ3n) is 3.74. The number of aliphatic hydroxyl groups excluding tert-OH is 1. The number of hydroxylamine groups is 1. The minimum atomic E-state index is -5.19. The standard InChI is InChI=1S/C19H16F3N3O4/c20-19(21,22)16(26)15(18(28)25-29)24-17(27)13-7-3-11(4-8-13)1-2-12-5-9-14(23)10-6-12/h3-10,15-16,26,29H,23H2,(H,24,27)(H,25,28)/t15-,16-/m0/s1. The minimum absolute atomic E-state index is 0.0758. The van der Waals surface area contributed by atoms with Crippen LogP contribution in [0.1, 0.15) is 21.5 Å². The van der Waals surface area contributed by atoms with Crippen molar-refractivity contribution in [2.24, 2.45) is 0 Å². The highest BCUT2D eigenvalue weighted by atomic mass is 19.4. The number of aliphatic hydroxyl groups is 1. The topological polar surface area (TPSA) is 125 Å². The number of alkyl halides is 3. The van der Waals surface area contributed by atoms with E-state index in [4.69, 9.17) is 10.9 Å². The Hall–Kier alpha value is -3.55. The van der Waals surface area contributed by atoms with E-state index in [9.17, 15) is 27.9 Å². The van der Waals surface area contributed by atoms with Crippen molar-refractivity contribution < 1.29 is 33.1 Å². The zero-order valence-electron chi connectivity index (χ0n) is 14.7. The molecular formula is C19H16F3N3O4. The Morgan fingerprint density at radius 2 is 1.45 bits per heavy atom. The number of rotatable bonds is 4. The molecule has 7 nitrogen and oxygen atoms in total. The lowest BCUT2D eigenvalue weighted by atomic mass is 10.1. The lowest BCUT2D eigenvalue weighted by Gasteiger charge is -2.24. The molecule has 0 bridgehead atoms. The van der Waals surface area contributed by atoms with Gasteiger partial charge in [0.1, 0.15) is 6.04 Å². The molecule has 0 saturated carbocycles. The molecule has 0 saturated heterocycles. The number of nitrogens with two attached hydrogens (primary N) is 1. The van der Waals surface area contributed by atoms with Crippen LogP contribution in [0.25, 0.3) is 0 Å². The van der Waals surface area contributed by atoms with Gasteiger partial charge < -0.3 is 16.2 Å². The van der Waals surface area contributed by atoms with Gasteiger partial charge in [0.05, 0.1) is 0 Å². The molecule has 2 aromatic carbocycles. The fraction of sp³-hybridized carbons (Fsp3) is 0.158. The Morgan fingerprint density at radius 3 is 1.90 bits per heavy atom. The normalized spacial score (nSPS) is 12.9. The van der Waals surface area contributed by atoms with Crippen LogP contribution in [-0.4, -0.2) is 40.5 Å². The molecule has 152 valence electrons. The molecule has 2 rings (SSSR count). The molecule has 0 heterocycles. The Kier molecular flexibility index (Phi) is 6.82. The maximum absolute atomic E-state index is 12.7. The zero-order valence-corrected chi connectivity index (χ0v) is 14.7. The summed E-state index contributed by atoms with van der Waals surface area (Å²) in [5.41, 5.74) is 8.31. The van der Waals surface area contributed by atoms with E-state index in [1.165, 1.54) is 24.3 Å². The van der Waals surface area contributed by atoms with Crippen molar-refractivity contribution in [2.45, 2.75) is 18.3 Å². The number of benzene rings is 2. The van der Waals surface area contributed by atoms with Crippen LogP contribution in [0.5, 0.6) is 0 Å². The van der Waals surface area contributed by atoms with Gasteiger partial charge in [-0.3, -0.25) is 14.8 Å². The molecule has 0 fully saturated rings. The summed E-state index contributed by atoms with van der Waals surface area (Å²) in [6.07, 6.45) is -8.39. The van der Waals surface area contributed by atoms with Gasteiger partial charge in [-0.05, 0) is 48.5 Å². The number of nitrogen functional groups attached to an aromatic ring is 1. The zero-order chi connectivity index (χ0) is 21.6. The van der Waals surface area contributed by atoms with E-state index in [0.717, 1.165) is 5.48 Å². The summed E-state index contributed by atoms with van der Waals surface area (Å²) in [4.78, 5) is 23.5. The van der Waals surface area contributed by atoms with Crippen LogP contribution >= 0.6 is 0 Å². The number of carbonyl (C=O) groups is 2. The number of amides is 2. The van der Waals surface area contributed by atoms with E-state index in [0.29, 0.717) is 16.8 Å². The maximum atomic E-state index is 12.7. The molecule has 2 atom stereocenters. The smallest absolute Gasteiger partial charge is 0.399 e. The average molecular weight is 407 g/mol. The first-order valence-electron chi connectivity index (χ1n) is 8.09.